The molecule has 2 unspecified atom stereocenters. The maximum Gasteiger partial charge on any atom is 0.0792 e. The first-order chi connectivity index (χ1) is 8.19. The average Bonchev–Trinajstić information content (AvgIpc) is 2.18. The van der Waals surface area contributed by atoms with Crippen molar-refractivity contribution in [1.29, 1.82) is 0 Å². The van der Waals surface area contributed by atoms with Crippen molar-refractivity contribution >= 4 is 0 Å². The van der Waals surface area contributed by atoms with Gasteiger partial charge in [-0.2, -0.15) is 0 Å². The number of aryl methyl sites for hydroxylation is 2. The van der Waals surface area contributed by atoms with E-state index in [1.165, 1.54) is 11.1 Å². The van der Waals surface area contributed by atoms with Crippen molar-refractivity contribution in [3.8, 4) is 0 Å². The van der Waals surface area contributed by atoms with Crippen molar-refractivity contribution in [2.24, 2.45) is 11.3 Å². The molecule has 0 aliphatic rings. The number of aliphatic hydroxyl groups is 1. The summed E-state index contributed by atoms with van der Waals surface area (Å²) in [6.07, 6.45) is 1.66. The molecular weight excluding hydrogens is 220 g/mol. The van der Waals surface area contributed by atoms with Crippen LogP contribution in [-0.4, -0.2) is 5.11 Å². The molecular formula is C17H28O. The molecule has 0 amide bonds. The summed E-state index contributed by atoms with van der Waals surface area (Å²) in [4.78, 5) is 0. The number of benzene rings is 1. The highest BCUT2D eigenvalue weighted by molar-refractivity contribution is 5.31. The number of rotatable bonds is 4. The Kier molecular flexibility index (Phi) is 4.98. The molecule has 0 bridgehead atoms. The van der Waals surface area contributed by atoms with Crippen LogP contribution in [0.15, 0.2) is 18.2 Å². The standard InChI is InChI=1S/C17H28O/c1-12(11-17(4,5)6)9-16(18)15-8-7-13(2)14(3)10-15/h7-8,10,12,16,18H,9,11H2,1-6H3. The molecule has 0 saturated heterocycles. The van der Waals surface area contributed by atoms with Gasteiger partial charge < -0.3 is 5.11 Å². The fraction of sp³-hybridized carbons (Fsp3) is 0.647. The van der Waals surface area contributed by atoms with Gasteiger partial charge in [0.2, 0.25) is 0 Å². The molecule has 1 rings (SSSR count). The summed E-state index contributed by atoms with van der Waals surface area (Å²) in [6, 6.07) is 6.27. The Labute approximate surface area is 112 Å². The van der Waals surface area contributed by atoms with Gasteiger partial charge in [0.25, 0.3) is 0 Å². The van der Waals surface area contributed by atoms with Gasteiger partial charge in [-0.1, -0.05) is 45.9 Å². The van der Waals surface area contributed by atoms with Crippen molar-refractivity contribution in [1.82, 2.24) is 0 Å². The lowest BCUT2D eigenvalue weighted by atomic mass is 9.82. The Bertz CT molecular complexity index is 387. The molecule has 1 nitrogen and oxygen atoms in total. The zero-order valence-corrected chi connectivity index (χ0v) is 12.7. The smallest absolute Gasteiger partial charge is 0.0792 e. The van der Waals surface area contributed by atoms with E-state index in [4.69, 9.17) is 0 Å². The Hall–Kier alpha value is -0.820. The van der Waals surface area contributed by atoms with Crippen LogP contribution in [-0.2, 0) is 0 Å². The van der Waals surface area contributed by atoms with Crippen molar-refractivity contribution < 1.29 is 5.11 Å². The SMILES string of the molecule is Cc1ccc(C(O)CC(C)CC(C)(C)C)cc1C. The van der Waals surface area contributed by atoms with Crippen LogP contribution in [0.5, 0.6) is 0 Å². The van der Waals surface area contributed by atoms with E-state index in [1.807, 2.05) is 0 Å². The topological polar surface area (TPSA) is 20.2 Å². The minimum absolute atomic E-state index is 0.332. The summed E-state index contributed by atoms with van der Waals surface area (Å²) < 4.78 is 0. The van der Waals surface area contributed by atoms with E-state index in [0.29, 0.717) is 11.3 Å². The Balaban J connectivity index is 2.64. The molecule has 0 aliphatic heterocycles. The molecule has 1 aromatic rings. The average molecular weight is 248 g/mol. The predicted octanol–water partition coefficient (Wildman–Crippen LogP) is 4.80. The highest BCUT2D eigenvalue weighted by Crippen LogP contribution is 2.30. The van der Waals surface area contributed by atoms with E-state index < -0.39 is 0 Å². The summed E-state index contributed by atoms with van der Waals surface area (Å²) in [6.45, 7) is 13.2. The third-order valence-corrected chi connectivity index (χ3v) is 3.50. The summed E-state index contributed by atoms with van der Waals surface area (Å²) in [5, 5.41) is 10.3. The maximum absolute atomic E-state index is 10.3. The van der Waals surface area contributed by atoms with Crippen molar-refractivity contribution in [2.75, 3.05) is 0 Å². The van der Waals surface area contributed by atoms with E-state index in [-0.39, 0.29) is 6.10 Å². The van der Waals surface area contributed by atoms with Gasteiger partial charge >= 0.3 is 0 Å². The van der Waals surface area contributed by atoms with Gasteiger partial charge in [-0.25, -0.2) is 0 Å². The van der Waals surface area contributed by atoms with Gasteiger partial charge in [0.05, 0.1) is 6.10 Å². The molecule has 102 valence electrons. The highest BCUT2D eigenvalue weighted by atomic mass is 16.3. The van der Waals surface area contributed by atoms with E-state index in [2.05, 4.69) is 59.7 Å². The molecule has 2 atom stereocenters. The summed E-state index contributed by atoms with van der Waals surface area (Å²) >= 11 is 0. The summed E-state index contributed by atoms with van der Waals surface area (Å²) in [5.41, 5.74) is 3.94. The van der Waals surface area contributed by atoms with Crippen molar-refractivity contribution in [3.63, 3.8) is 0 Å². The summed E-state index contributed by atoms with van der Waals surface area (Å²) in [5.74, 6) is 0.543. The van der Waals surface area contributed by atoms with Crippen LogP contribution in [0.4, 0.5) is 0 Å². The third-order valence-electron chi connectivity index (χ3n) is 3.50. The fourth-order valence-corrected chi connectivity index (χ4v) is 2.62. The molecule has 1 heteroatoms. The normalized spacial score (nSPS) is 15.5. The predicted molar refractivity (Wildman–Crippen MR) is 78.7 cm³/mol. The molecule has 0 heterocycles. The van der Waals surface area contributed by atoms with Crippen LogP contribution in [0.2, 0.25) is 0 Å². The second-order valence-corrected chi connectivity index (χ2v) is 6.97. The lowest BCUT2D eigenvalue weighted by Gasteiger charge is -2.25. The first-order valence-electron chi connectivity index (χ1n) is 6.94. The van der Waals surface area contributed by atoms with Crippen LogP contribution in [0.25, 0.3) is 0 Å². The van der Waals surface area contributed by atoms with Crippen LogP contribution in [0.3, 0.4) is 0 Å². The lowest BCUT2D eigenvalue weighted by Crippen LogP contribution is -2.13. The number of hydrogen-bond acceptors (Lipinski definition) is 1. The van der Waals surface area contributed by atoms with Crippen LogP contribution in [0, 0.1) is 25.2 Å². The lowest BCUT2D eigenvalue weighted by molar-refractivity contribution is 0.134. The zero-order chi connectivity index (χ0) is 13.9. The van der Waals surface area contributed by atoms with Crippen LogP contribution >= 0.6 is 0 Å². The third kappa shape index (κ3) is 4.81. The maximum atomic E-state index is 10.3. The van der Waals surface area contributed by atoms with E-state index >= 15 is 0 Å². The largest absolute Gasteiger partial charge is 0.388 e. The van der Waals surface area contributed by atoms with Gasteiger partial charge in [-0.3, -0.25) is 0 Å². The molecule has 0 aliphatic carbocycles. The molecule has 0 radical (unpaired) electrons. The van der Waals surface area contributed by atoms with Gasteiger partial charge in [-0.05, 0) is 54.7 Å². The fourth-order valence-electron chi connectivity index (χ4n) is 2.62. The second-order valence-electron chi connectivity index (χ2n) is 6.97. The van der Waals surface area contributed by atoms with E-state index in [0.717, 1.165) is 18.4 Å². The van der Waals surface area contributed by atoms with E-state index in [1.54, 1.807) is 0 Å². The Morgan fingerprint density at radius 3 is 2.22 bits per heavy atom. The van der Waals surface area contributed by atoms with Gasteiger partial charge in [-0.15, -0.1) is 0 Å². The summed E-state index contributed by atoms with van der Waals surface area (Å²) in [7, 11) is 0. The quantitative estimate of drug-likeness (QED) is 0.811. The number of aliphatic hydroxyl groups excluding tert-OH is 1. The minimum atomic E-state index is -0.332. The zero-order valence-electron chi connectivity index (χ0n) is 12.7. The van der Waals surface area contributed by atoms with Gasteiger partial charge in [0.1, 0.15) is 0 Å². The minimum Gasteiger partial charge on any atom is -0.388 e. The van der Waals surface area contributed by atoms with Crippen LogP contribution < -0.4 is 0 Å². The molecule has 0 spiro atoms. The molecule has 1 aromatic carbocycles. The molecule has 1 N–H and O–H groups in total. The van der Waals surface area contributed by atoms with Gasteiger partial charge in [0, 0.05) is 0 Å². The molecule has 18 heavy (non-hydrogen) atoms. The van der Waals surface area contributed by atoms with Crippen molar-refractivity contribution in [2.45, 2.75) is 60.5 Å². The second kappa shape index (κ2) is 5.88. The first-order valence-corrected chi connectivity index (χ1v) is 6.94. The molecule has 0 fully saturated rings. The van der Waals surface area contributed by atoms with Crippen LogP contribution in [0.1, 0.15) is 63.3 Å². The number of hydrogen-bond donors (Lipinski definition) is 1. The van der Waals surface area contributed by atoms with Crippen molar-refractivity contribution in [3.05, 3.63) is 34.9 Å². The highest BCUT2D eigenvalue weighted by Gasteiger charge is 2.19. The monoisotopic (exact) mass is 248 g/mol. The molecule has 0 aromatic heterocycles. The first kappa shape index (κ1) is 15.2. The van der Waals surface area contributed by atoms with E-state index in [9.17, 15) is 5.11 Å². The Morgan fingerprint density at radius 1 is 1.11 bits per heavy atom. The van der Waals surface area contributed by atoms with Gasteiger partial charge in [0.15, 0.2) is 0 Å². The molecule has 0 saturated carbocycles. The Morgan fingerprint density at radius 2 is 1.72 bits per heavy atom.